The van der Waals surface area contributed by atoms with Crippen molar-refractivity contribution in [2.45, 2.75) is 38.6 Å². The molecule has 1 amide bonds. The van der Waals surface area contributed by atoms with Gasteiger partial charge < -0.3 is 10.6 Å². The van der Waals surface area contributed by atoms with E-state index in [1.54, 1.807) is 12.1 Å². The summed E-state index contributed by atoms with van der Waals surface area (Å²) in [6.07, 6.45) is 1.32. The van der Waals surface area contributed by atoms with Crippen LogP contribution < -0.4 is 5.73 Å². The summed E-state index contributed by atoms with van der Waals surface area (Å²) in [5.41, 5.74) is 6.30. The fraction of sp³-hybridized carbons (Fsp3) is 0.562. The van der Waals surface area contributed by atoms with Crippen molar-refractivity contribution in [2.24, 2.45) is 11.7 Å². The van der Waals surface area contributed by atoms with E-state index in [-0.39, 0.29) is 23.7 Å². The molecule has 1 aromatic carbocycles. The third kappa shape index (κ3) is 3.18. The number of hydrogen-bond acceptors (Lipinski definition) is 2. The van der Waals surface area contributed by atoms with Crippen molar-refractivity contribution in [1.82, 2.24) is 4.90 Å². The summed E-state index contributed by atoms with van der Waals surface area (Å²) < 4.78 is 13.7. The molecule has 2 N–H and O–H groups in total. The van der Waals surface area contributed by atoms with Crippen LogP contribution in [-0.4, -0.2) is 29.9 Å². The van der Waals surface area contributed by atoms with Gasteiger partial charge in [0, 0.05) is 19.0 Å². The number of carbonyl (C=O) groups excluding carboxylic acids is 1. The molecular formula is C16H23FN2O. The molecule has 1 aliphatic rings. The van der Waals surface area contributed by atoms with Crippen molar-refractivity contribution in [3.8, 4) is 0 Å². The highest BCUT2D eigenvalue weighted by molar-refractivity contribution is 5.77. The minimum Gasteiger partial charge on any atom is -0.340 e. The zero-order valence-corrected chi connectivity index (χ0v) is 12.2. The first-order chi connectivity index (χ1) is 9.52. The Bertz CT molecular complexity index is 477. The van der Waals surface area contributed by atoms with E-state index < -0.39 is 0 Å². The quantitative estimate of drug-likeness (QED) is 0.920. The molecule has 3 nitrogen and oxygen atoms in total. The summed E-state index contributed by atoms with van der Waals surface area (Å²) in [6.45, 7) is 5.32. The SMILES string of the molecule is CC(CC(=O)N1CC(CN)CC1C)c1ccccc1F. The van der Waals surface area contributed by atoms with Crippen LogP contribution in [0.2, 0.25) is 0 Å². The number of nitrogens with zero attached hydrogens (tertiary/aromatic N) is 1. The number of nitrogens with two attached hydrogens (primary N) is 1. The molecule has 0 spiro atoms. The van der Waals surface area contributed by atoms with Gasteiger partial charge in [-0.2, -0.15) is 0 Å². The van der Waals surface area contributed by atoms with Gasteiger partial charge in [0.05, 0.1) is 0 Å². The van der Waals surface area contributed by atoms with Gasteiger partial charge >= 0.3 is 0 Å². The van der Waals surface area contributed by atoms with E-state index in [1.165, 1.54) is 6.07 Å². The molecule has 0 aromatic heterocycles. The molecule has 1 aliphatic heterocycles. The predicted molar refractivity (Wildman–Crippen MR) is 77.8 cm³/mol. The topological polar surface area (TPSA) is 46.3 Å². The van der Waals surface area contributed by atoms with E-state index >= 15 is 0 Å². The zero-order valence-electron chi connectivity index (χ0n) is 12.2. The van der Waals surface area contributed by atoms with Crippen LogP contribution in [-0.2, 0) is 4.79 Å². The van der Waals surface area contributed by atoms with Gasteiger partial charge in [-0.1, -0.05) is 25.1 Å². The summed E-state index contributed by atoms with van der Waals surface area (Å²) in [4.78, 5) is 14.3. The lowest BCUT2D eigenvalue weighted by molar-refractivity contribution is -0.132. The average Bonchev–Trinajstić information content (AvgIpc) is 2.80. The monoisotopic (exact) mass is 278 g/mol. The van der Waals surface area contributed by atoms with Crippen LogP contribution in [0.1, 0.15) is 38.2 Å². The molecule has 20 heavy (non-hydrogen) atoms. The number of likely N-dealkylation sites (tertiary alicyclic amines) is 1. The van der Waals surface area contributed by atoms with Gasteiger partial charge in [-0.05, 0) is 43.4 Å². The maximum Gasteiger partial charge on any atom is 0.223 e. The van der Waals surface area contributed by atoms with Gasteiger partial charge in [-0.25, -0.2) is 4.39 Å². The molecule has 2 rings (SSSR count). The van der Waals surface area contributed by atoms with Gasteiger partial charge in [-0.15, -0.1) is 0 Å². The minimum absolute atomic E-state index is 0.101. The molecule has 1 heterocycles. The first-order valence-electron chi connectivity index (χ1n) is 7.26. The molecule has 110 valence electrons. The van der Waals surface area contributed by atoms with Gasteiger partial charge in [0.1, 0.15) is 5.82 Å². The van der Waals surface area contributed by atoms with Gasteiger partial charge in [0.15, 0.2) is 0 Å². The lowest BCUT2D eigenvalue weighted by atomic mass is 9.96. The summed E-state index contributed by atoms with van der Waals surface area (Å²) in [5, 5.41) is 0. The Labute approximate surface area is 120 Å². The number of benzene rings is 1. The standard InChI is InChI=1S/C16H23FN2O/c1-11(14-5-3-4-6-15(14)17)7-16(20)19-10-13(9-18)8-12(19)2/h3-6,11-13H,7-10,18H2,1-2H3. The maximum atomic E-state index is 13.7. The fourth-order valence-electron chi connectivity index (χ4n) is 3.02. The molecule has 0 radical (unpaired) electrons. The molecule has 1 saturated heterocycles. The highest BCUT2D eigenvalue weighted by Crippen LogP contribution is 2.27. The van der Waals surface area contributed by atoms with Crippen molar-refractivity contribution >= 4 is 5.91 Å². The Kier molecular flexibility index (Phi) is 4.76. The number of halogens is 1. The van der Waals surface area contributed by atoms with Crippen molar-refractivity contribution in [3.05, 3.63) is 35.6 Å². The number of rotatable bonds is 4. The van der Waals surface area contributed by atoms with E-state index in [4.69, 9.17) is 5.73 Å². The van der Waals surface area contributed by atoms with Crippen LogP contribution in [0.5, 0.6) is 0 Å². The molecule has 0 saturated carbocycles. The molecule has 3 atom stereocenters. The highest BCUT2D eigenvalue weighted by Gasteiger charge is 2.32. The van der Waals surface area contributed by atoms with Gasteiger partial charge in [-0.3, -0.25) is 4.79 Å². The lowest BCUT2D eigenvalue weighted by Gasteiger charge is -2.23. The van der Waals surface area contributed by atoms with E-state index in [1.807, 2.05) is 17.9 Å². The molecular weight excluding hydrogens is 255 g/mol. The Morgan fingerprint density at radius 1 is 1.50 bits per heavy atom. The van der Waals surface area contributed by atoms with Gasteiger partial charge in [0.2, 0.25) is 5.91 Å². The van der Waals surface area contributed by atoms with Crippen molar-refractivity contribution < 1.29 is 9.18 Å². The first kappa shape index (κ1) is 15.0. The highest BCUT2D eigenvalue weighted by atomic mass is 19.1. The Balaban J connectivity index is 2.00. The smallest absolute Gasteiger partial charge is 0.223 e. The number of hydrogen-bond donors (Lipinski definition) is 1. The second-order valence-electron chi connectivity index (χ2n) is 5.86. The Morgan fingerprint density at radius 2 is 2.20 bits per heavy atom. The van der Waals surface area contributed by atoms with E-state index in [2.05, 4.69) is 6.92 Å². The van der Waals surface area contributed by atoms with Gasteiger partial charge in [0.25, 0.3) is 0 Å². The van der Waals surface area contributed by atoms with Crippen molar-refractivity contribution in [2.75, 3.05) is 13.1 Å². The molecule has 1 aromatic rings. The van der Waals surface area contributed by atoms with Crippen molar-refractivity contribution in [1.29, 1.82) is 0 Å². The average molecular weight is 278 g/mol. The summed E-state index contributed by atoms with van der Waals surface area (Å²) in [6, 6.07) is 6.91. The summed E-state index contributed by atoms with van der Waals surface area (Å²) >= 11 is 0. The molecule has 1 fully saturated rings. The first-order valence-corrected chi connectivity index (χ1v) is 7.26. The predicted octanol–water partition coefficient (Wildman–Crippen LogP) is 2.52. The molecule has 0 bridgehead atoms. The van der Waals surface area contributed by atoms with Crippen LogP contribution in [0, 0.1) is 11.7 Å². The third-order valence-corrected chi connectivity index (χ3v) is 4.23. The normalized spacial score (nSPS) is 23.9. The van der Waals surface area contributed by atoms with Crippen LogP contribution in [0.4, 0.5) is 4.39 Å². The molecule has 4 heteroatoms. The van der Waals surface area contributed by atoms with Crippen LogP contribution in [0.25, 0.3) is 0 Å². The van der Waals surface area contributed by atoms with Crippen LogP contribution in [0.3, 0.4) is 0 Å². The zero-order chi connectivity index (χ0) is 14.7. The molecule has 0 aliphatic carbocycles. The maximum absolute atomic E-state index is 13.7. The second-order valence-corrected chi connectivity index (χ2v) is 5.86. The lowest BCUT2D eigenvalue weighted by Crippen LogP contribution is -2.35. The largest absolute Gasteiger partial charge is 0.340 e. The number of amides is 1. The third-order valence-electron chi connectivity index (χ3n) is 4.23. The summed E-state index contributed by atoms with van der Waals surface area (Å²) in [5.74, 6) is 0.164. The van der Waals surface area contributed by atoms with Crippen LogP contribution >= 0.6 is 0 Å². The molecule has 3 unspecified atom stereocenters. The Hall–Kier alpha value is -1.42. The minimum atomic E-state index is -0.234. The number of carbonyl (C=O) groups is 1. The van der Waals surface area contributed by atoms with Crippen molar-refractivity contribution in [3.63, 3.8) is 0 Å². The summed E-state index contributed by atoms with van der Waals surface area (Å²) in [7, 11) is 0. The fourth-order valence-corrected chi connectivity index (χ4v) is 3.02. The van der Waals surface area contributed by atoms with Crippen LogP contribution in [0.15, 0.2) is 24.3 Å². The second kappa shape index (κ2) is 6.35. The van der Waals surface area contributed by atoms with E-state index in [9.17, 15) is 9.18 Å². The van der Waals surface area contributed by atoms with E-state index in [0.717, 1.165) is 13.0 Å². The Morgan fingerprint density at radius 3 is 2.80 bits per heavy atom. The van der Waals surface area contributed by atoms with E-state index in [0.29, 0.717) is 24.4 Å².